The number of ketones is 1. The van der Waals surface area contributed by atoms with Crippen molar-refractivity contribution in [1.29, 1.82) is 0 Å². The second-order valence-electron chi connectivity index (χ2n) is 6.51. The molecule has 0 spiro atoms. The SMILES string of the molecule is CC.CC.CSc1ncc(C(C)=O)c(Nc2cccc(NC(=O)OC(C)(C)C)c2)n1. The molecule has 1 aromatic carbocycles. The normalized spacial score (nSPS) is 9.90. The van der Waals surface area contributed by atoms with Crippen LogP contribution in [0.4, 0.5) is 22.0 Å². The summed E-state index contributed by atoms with van der Waals surface area (Å²) in [5, 5.41) is 6.35. The zero-order valence-corrected chi connectivity index (χ0v) is 20.2. The molecule has 0 fully saturated rings. The Kier molecular flexibility index (Phi) is 12.4. The number of thioether (sulfide) groups is 1. The third kappa shape index (κ3) is 9.73. The highest BCUT2D eigenvalue weighted by atomic mass is 32.2. The summed E-state index contributed by atoms with van der Waals surface area (Å²) in [5.74, 6) is 0.287. The van der Waals surface area contributed by atoms with Crippen molar-refractivity contribution < 1.29 is 14.3 Å². The lowest BCUT2D eigenvalue weighted by atomic mass is 10.2. The van der Waals surface area contributed by atoms with Crippen LogP contribution in [0.5, 0.6) is 0 Å². The number of ether oxygens (including phenoxy) is 1. The molecule has 0 aliphatic rings. The highest BCUT2D eigenvalue weighted by Gasteiger charge is 2.16. The highest BCUT2D eigenvalue weighted by molar-refractivity contribution is 7.98. The summed E-state index contributed by atoms with van der Waals surface area (Å²) >= 11 is 1.38. The van der Waals surface area contributed by atoms with Gasteiger partial charge in [-0.3, -0.25) is 10.1 Å². The fraction of sp³-hybridized carbons (Fsp3) is 0.455. The standard InChI is InChI=1S/C18H22N4O3S.2C2H6/c1-11(23)14-10-19-16(26-5)22-15(14)20-12-7-6-8-13(9-12)21-17(24)25-18(2,3)4;2*1-2/h6-10H,1-5H3,(H,21,24)(H,19,20,22);2*1-2H3. The predicted molar refractivity (Wildman–Crippen MR) is 126 cm³/mol. The Morgan fingerprint density at radius 1 is 1.07 bits per heavy atom. The zero-order chi connectivity index (χ0) is 23.3. The lowest BCUT2D eigenvalue weighted by Gasteiger charge is -2.19. The molecule has 0 unspecified atom stereocenters. The zero-order valence-electron chi connectivity index (χ0n) is 19.4. The third-order valence-corrected chi connectivity index (χ3v) is 3.66. The van der Waals surface area contributed by atoms with Crippen LogP contribution in [0.15, 0.2) is 35.6 Å². The Bertz CT molecular complexity index is 820. The molecule has 0 atom stereocenters. The number of anilines is 3. The van der Waals surface area contributed by atoms with E-state index in [0.717, 1.165) is 0 Å². The average Bonchev–Trinajstić information content (AvgIpc) is 2.69. The van der Waals surface area contributed by atoms with Gasteiger partial charge in [-0.2, -0.15) is 0 Å². The molecule has 0 saturated heterocycles. The van der Waals surface area contributed by atoms with E-state index < -0.39 is 11.7 Å². The van der Waals surface area contributed by atoms with Crippen LogP contribution in [-0.2, 0) is 4.74 Å². The minimum atomic E-state index is -0.578. The first-order valence-electron chi connectivity index (χ1n) is 9.97. The number of aromatic nitrogens is 2. The first-order chi connectivity index (χ1) is 14.2. The number of rotatable bonds is 5. The molecule has 0 bridgehead atoms. The van der Waals surface area contributed by atoms with Crippen LogP contribution >= 0.6 is 11.8 Å². The minimum Gasteiger partial charge on any atom is -0.444 e. The van der Waals surface area contributed by atoms with Gasteiger partial charge < -0.3 is 10.1 Å². The average molecular weight is 435 g/mol. The first kappa shape index (κ1) is 27.4. The van der Waals surface area contributed by atoms with E-state index in [1.54, 1.807) is 39.0 Å². The number of nitrogens with one attached hydrogen (secondary N) is 2. The molecule has 0 saturated carbocycles. The Morgan fingerprint density at radius 3 is 2.20 bits per heavy atom. The van der Waals surface area contributed by atoms with Gasteiger partial charge in [-0.1, -0.05) is 45.5 Å². The Balaban J connectivity index is 0.00000198. The minimum absolute atomic E-state index is 0.136. The molecule has 0 aliphatic carbocycles. The molecule has 7 nitrogen and oxygen atoms in total. The maximum Gasteiger partial charge on any atom is 0.412 e. The van der Waals surface area contributed by atoms with Crippen LogP contribution in [0.1, 0.15) is 65.7 Å². The Labute approximate surface area is 184 Å². The number of amides is 1. The molecule has 1 aromatic heterocycles. The van der Waals surface area contributed by atoms with Crippen molar-refractivity contribution in [1.82, 2.24) is 9.97 Å². The van der Waals surface area contributed by atoms with Gasteiger partial charge in [-0.25, -0.2) is 14.8 Å². The molecule has 2 N–H and O–H groups in total. The summed E-state index contributed by atoms with van der Waals surface area (Å²) in [6, 6.07) is 7.06. The first-order valence-corrected chi connectivity index (χ1v) is 11.2. The monoisotopic (exact) mass is 434 g/mol. The number of hydrogen-bond acceptors (Lipinski definition) is 7. The summed E-state index contributed by atoms with van der Waals surface area (Å²) in [5.41, 5.74) is 1.05. The van der Waals surface area contributed by atoms with Crippen LogP contribution in [0.2, 0.25) is 0 Å². The van der Waals surface area contributed by atoms with Crippen LogP contribution in [-0.4, -0.2) is 33.7 Å². The highest BCUT2D eigenvalue weighted by Crippen LogP contribution is 2.24. The van der Waals surface area contributed by atoms with Crippen molar-refractivity contribution in [2.24, 2.45) is 0 Å². The van der Waals surface area contributed by atoms with Crippen LogP contribution in [0.25, 0.3) is 0 Å². The Morgan fingerprint density at radius 2 is 1.67 bits per heavy atom. The van der Waals surface area contributed by atoms with E-state index in [2.05, 4.69) is 20.6 Å². The van der Waals surface area contributed by atoms with Crippen molar-refractivity contribution in [3.05, 3.63) is 36.0 Å². The largest absolute Gasteiger partial charge is 0.444 e. The van der Waals surface area contributed by atoms with E-state index in [1.807, 2.05) is 40.0 Å². The van der Waals surface area contributed by atoms with Crippen molar-refractivity contribution in [2.45, 2.75) is 66.1 Å². The fourth-order valence-electron chi connectivity index (χ4n) is 2.05. The molecule has 8 heteroatoms. The number of carbonyl (C=O) groups excluding carboxylic acids is 2. The molecular weight excluding hydrogens is 400 g/mol. The molecule has 1 heterocycles. The summed E-state index contributed by atoms with van der Waals surface area (Å²) in [7, 11) is 0. The molecule has 1 amide bonds. The fourth-order valence-corrected chi connectivity index (χ4v) is 2.39. The van der Waals surface area contributed by atoms with Gasteiger partial charge in [0.05, 0.1) is 5.56 Å². The molecule has 30 heavy (non-hydrogen) atoms. The van der Waals surface area contributed by atoms with Gasteiger partial charge in [0.15, 0.2) is 10.9 Å². The van der Waals surface area contributed by atoms with E-state index in [-0.39, 0.29) is 5.78 Å². The maximum absolute atomic E-state index is 11.9. The van der Waals surface area contributed by atoms with Gasteiger partial charge in [0, 0.05) is 17.6 Å². The number of carbonyl (C=O) groups is 2. The van der Waals surface area contributed by atoms with Gasteiger partial charge in [-0.15, -0.1) is 0 Å². The molecule has 0 radical (unpaired) electrons. The number of nitrogens with zero attached hydrogens (tertiary/aromatic N) is 2. The maximum atomic E-state index is 11.9. The number of hydrogen-bond donors (Lipinski definition) is 2. The van der Waals surface area contributed by atoms with Gasteiger partial charge in [-0.05, 0) is 52.1 Å². The topological polar surface area (TPSA) is 93.2 Å². The lowest BCUT2D eigenvalue weighted by Crippen LogP contribution is -2.27. The second kappa shape index (κ2) is 13.6. The number of Topliss-reactive ketones (excluding diaryl/α,β-unsaturated/α-hetero) is 1. The number of benzene rings is 1. The van der Waals surface area contributed by atoms with E-state index in [4.69, 9.17) is 4.74 Å². The quantitative estimate of drug-likeness (QED) is 0.313. The lowest BCUT2D eigenvalue weighted by molar-refractivity contribution is 0.0635. The third-order valence-electron chi connectivity index (χ3n) is 3.10. The van der Waals surface area contributed by atoms with Gasteiger partial charge in [0.25, 0.3) is 0 Å². The van der Waals surface area contributed by atoms with Crippen LogP contribution < -0.4 is 10.6 Å². The van der Waals surface area contributed by atoms with Gasteiger partial charge >= 0.3 is 6.09 Å². The Hall–Kier alpha value is -2.61. The molecule has 0 aliphatic heterocycles. The van der Waals surface area contributed by atoms with E-state index >= 15 is 0 Å². The van der Waals surface area contributed by atoms with Crippen molar-refractivity contribution >= 4 is 40.8 Å². The molecule has 2 aromatic rings. The van der Waals surface area contributed by atoms with Gasteiger partial charge in [0.1, 0.15) is 11.4 Å². The van der Waals surface area contributed by atoms with Crippen LogP contribution in [0, 0.1) is 0 Å². The smallest absolute Gasteiger partial charge is 0.412 e. The molecular formula is C22H34N4O3S. The van der Waals surface area contributed by atoms with Crippen molar-refractivity contribution in [2.75, 3.05) is 16.9 Å². The van der Waals surface area contributed by atoms with Crippen LogP contribution in [0.3, 0.4) is 0 Å². The summed E-state index contributed by atoms with van der Waals surface area (Å²) in [6.45, 7) is 14.9. The summed E-state index contributed by atoms with van der Waals surface area (Å²) < 4.78 is 5.24. The van der Waals surface area contributed by atoms with E-state index in [0.29, 0.717) is 27.9 Å². The van der Waals surface area contributed by atoms with E-state index in [9.17, 15) is 9.59 Å². The second-order valence-corrected chi connectivity index (χ2v) is 7.28. The molecule has 166 valence electrons. The van der Waals surface area contributed by atoms with Crippen molar-refractivity contribution in [3.8, 4) is 0 Å². The predicted octanol–water partition coefficient (Wildman–Crippen LogP) is 6.54. The molecule has 2 rings (SSSR count). The summed E-state index contributed by atoms with van der Waals surface area (Å²) in [4.78, 5) is 32.2. The summed E-state index contributed by atoms with van der Waals surface area (Å²) in [6.07, 6.45) is 2.83. The van der Waals surface area contributed by atoms with Gasteiger partial charge in [0.2, 0.25) is 0 Å². The van der Waals surface area contributed by atoms with Crippen molar-refractivity contribution in [3.63, 3.8) is 0 Å². The van der Waals surface area contributed by atoms with E-state index in [1.165, 1.54) is 24.9 Å².